The first-order valence-corrected chi connectivity index (χ1v) is 7.96. The van der Waals surface area contributed by atoms with Crippen LogP contribution in [0, 0.1) is 0 Å². The van der Waals surface area contributed by atoms with Gasteiger partial charge >= 0.3 is 0 Å². The highest BCUT2D eigenvalue weighted by atomic mass is 16.5. The third-order valence-electron chi connectivity index (χ3n) is 4.60. The van der Waals surface area contributed by atoms with Crippen LogP contribution < -0.4 is 10.1 Å². The topological polar surface area (TPSA) is 54.5 Å². The second-order valence-electron chi connectivity index (χ2n) is 6.18. The smallest absolute Gasteiger partial charge is 0.258 e. The predicted octanol–water partition coefficient (Wildman–Crippen LogP) is 2.20. The van der Waals surface area contributed by atoms with Crippen LogP contribution in [0.4, 0.5) is 0 Å². The van der Waals surface area contributed by atoms with Crippen molar-refractivity contribution in [3.05, 3.63) is 59.9 Å². The normalized spacial score (nSPS) is 19.7. The van der Waals surface area contributed by atoms with Gasteiger partial charge in [0.15, 0.2) is 5.72 Å². The fraction of sp³-hybridized carbons (Fsp3) is 0.333. The summed E-state index contributed by atoms with van der Waals surface area (Å²) in [6, 6.07) is 11.5. The molecule has 0 saturated carbocycles. The summed E-state index contributed by atoms with van der Waals surface area (Å²) >= 11 is 0. The molecule has 23 heavy (non-hydrogen) atoms. The third-order valence-corrected chi connectivity index (χ3v) is 4.60. The lowest BCUT2D eigenvalue weighted by atomic mass is 9.96. The highest BCUT2D eigenvalue weighted by Crippen LogP contribution is 2.33. The van der Waals surface area contributed by atoms with Crippen LogP contribution in [-0.4, -0.2) is 34.6 Å². The molecule has 4 rings (SSSR count). The van der Waals surface area contributed by atoms with Gasteiger partial charge in [0.1, 0.15) is 5.75 Å². The molecule has 3 heterocycles. The fourth-order valence-corrected chi connectivity index (χ4v) is 3.30. The Morgan fingerprint density at radius 2 is 1.87 bits per heavy atom. The first-order chi connectivity index (χ1) is 11.2. The molecule has 118 valence electrons. The Balaban J connectivity index is 1.44. The molecule has 5 nitrogen and oxygen atoms in total. The van der Waals surface area contributed by atoms with Crippen LogP contribution in [0.2, 0.25) is 0 Å². The Morgan fingerprint density at radius 1 is 1.13 bits per heavy atom. The largest absolute Gasteiger partial charge is 0.467 e. The van der Waals surface area contributed by atoms with E-state index in [-0.39, 0.29) is 5.91 Å². The number of hydrogen-bond donors (Lipinski definition) is 1. The van der Waals surface area contributed by atoms with Crippen molar-refractivity contribution in [3.8, 4) is 5.75 Å². The number of nitrogens with one attached hydrogen (secondary N) is 1. The third kappa shape index (κ3) is 2.80. The number of piperidine rings is 1. The molecule has 1 N–H and O–H groups in total. The molecule has 2 aliphatic heterocycles. The van der Waals surface area contributed by atoms with E-state index in [1.165, 1.54) is 5.56 Å². The van der Waals surface area contributed by atoms with Crippen LogP contribution in [0.1, 0.15) is 28.8 Å². The molecule has 0 aliphatic carbocycles. The highest BCUT2D eigenvalue weighted by molar-refractivity contribution is 5.98. The zero-order valence-electron chi connectivity index (χ0n) is 12.9. The Kier molecular flexibility index (Phi) is 3.50. The molecule has 2 aliphatic rings. The molecule has 1 aromatic carbocycles. The Bertz CT molecular complexity index is 709. The molecule has 1 spiro atoms. The van der Waals surface area contributed by atoms with Crippen LogP contribution in [-0.2, 0) is 6.54 Å². The molecule has 0 bridgehead atoms. The van der Waals surface area contributed by atoms with E-state index in [9.17, 15) is 4.79 Å². The molecule has 0 atom stereocenters. The lowest BCUT2D eigenvalue weighted by molar-refractivity contribution is -0.0304. The van der Waals surface area contributed by atoms with Gasteiger partial charge in [-0.3, -0.25) is 14.7 Å². The number of pyridine rings is 1. The number of likely N-dealkylation sites (tertiary alicyclic amines) is 1. The molecule has 1 amide bonds. The second kappa shape index (κ2) is 5.66. The van der Waals surface area contributed by atoms with Gasteiger partial charge in [0, 0.05) is 44.9 Å². The van der Waals surface area contributed by atoms with E-state index in [1.54, 1.807) is 6.07 Å². The van der Waals surface area contributed by atoms with Crippen molar-refractivity contribution in [2.45, 2.75) is 25.1 Å². The summed E-state index contributed by atoms with van der Waals surface area (Å²) in [7, 11) is 0. The van der Waals surface area contributed by atoms with E-state index in [0.717, 1.165) is 32.5 Å². The van der Waals surface area contributed by atoms with Crippen LogP contribution in [0.5, 0.6) is 5.75 Å². The Morgan fingerprint density at radius 3 is 2.65 bits per heavy atom. The fourth-order valence-electron chi connectivity index (χ4n) is 3.30. The number of aromatic nitrogens is 1. The highest BCUT2D eigenvalue weighted by Gasteiger charge is 2.42. The Labute approximate surface area is 135 Å². The number of fused-ring (bicyclic) bond motifs is 1. The van der Waals surface area contributed by atoms with Gasteiger partial charge < -0.3 is 10.1 Å². The number of benzene rings is 1. The van der Waals surface area contributed by atoms with E-state index in [1.807, 2.05) is 42.7 Å². The number of ether oxygens (including phenoxy) is 1. The average molecular weight is 309 g/mol. The standard InChI is InChI=1S/C18H19N3O2/c22-17-15-3-1-2-4-16(15)23-18(20-17)7-11-21(12-8-18)13-14-5-9-19-10-6-14/h1-6,9-10H,7-8,11-13H2,(H,20,22). The summed E-state index contributed by atoms with van der Waals surface area (Å²) < 4.78 is 6.16. The maximum Gasteiger partial charge on any atom is 0.258 e. The van der Waals surface area contributed by atoms with E-state index in [2.05, 4.69) is 15.2 Å². The van der Waals surface area contributed by atoms with E-state index >= 15 is 0 Å². The van der Waals surface area contributed by atoms with Gasteiger partial charge in [0.05, 0.1) is 5.56 Å². The van der Waals surface area contributed by atoms with E-state index in [0.29, 0.717) is 11.3 Å². The molecule has 1 saturated heterocycles. The summed E-state index contributed by atoms with van der Waals surface area (Å²) in [6.45, 7) is 2.69. The van der Waals surface area contributed by atoms with Crippen LogP contribution >= 0.6 is 0 Å². The summed E-state index contributed by atoms with van der Waals surface area (Å²) in [5, 5.41) is 3.07. The number of rotatable bonds is 2. The molecule has 1 aromatic heterocycles. The van der Waals surface area contributed by atoms with Crippen molar-refractivity contribution in [1.29, 1.82) is 0 Å². The van der Waals surface area contributed by atoms with Crippen molar-refractivity contribution in [3.63, 3.8) is 0 Å². The first-order valence-electron chi connectivity index (χ1n) is 7.96. The van der Waals surface area contributed by atoms with Crippen molar-refractivity contribution < 1.29 is 9.53 Å². The van der Waals surface area contributed by atoms with Crippen molar-refractivity contribution in [2.75, 3.05) is 13.1 Å². The van der Waals surface area contributed by atoms with Gasteiger partial charge in [0.25, 0.3) is 5.91 Å². The number of carbonyl (C=O) groups is 1. The van der Waals surface area contributed by atoms with Gasteiger partial charge in [-0.25, -0.2) is 0 Å². The summed E-state index contributed by atoms with van der Waals surface area (Å²) in [5.41, 5.74) is 1.33. The molecule has 0 radical (unpaired) electrons. The summed E-state index contributed by atoms with van der Waals surface area (Å²) in [5.74, 6) is 0.660. The van der Waals surface area contributed by atoms with Gasteiger partial charge in [-0.1, -0.05) is 12.1 Å². The van der Waals surface area contributed by atoms with Crippen LogP contribution in [0.15, 0.2) is 48.8 Å². The van der Waals surface area contributed by atoms with Crippen molar-refractivity contribution in [1.82, 2.24) is 15.2 Å². The minimum absolute atomic E-state index is 0.0329. The number of para-hydroxylation sites is 1. The predicted molar refractivity (Wildman–Crippen MR) is 86.0 cm³/mol. The van der Waals surface area contributed by atoms with Crippen molar-refractivity contribution in [2.24, 2.45) is 0 Å². The van der Waals surface area contributed by atoms with E-state index in [4.69, 9.17) is 4.74 Å². The van der Waals surface area contributed by atoms with Gasteiger partial charge in [-0.15, -0.1) is 0 Å². The van der Waals surface area contributed by atoms with Crippen LogP contribution in [0.3, 0.4) is 0 Å². The monoisotopic (exact) mass is 309 g/mol. The average Bonchev–Trinajstić information content (AvgIpc) is 2.58. The minimum atomic E-state index is -0.555. The lowest BCUT2D eigenvalue weighted by Crippen LogP contribution is -2.60. The van der Waals surface area contributed by atoms with Gasteiger partial charge in [-0.05, 0) is 29.8 Å². The minimum Gasteiger partial charge on any atom is -0.467 e. The number of carbonyl (C=O) groups excluding carboxylic acids is 1. The number of amides is 1. The number of nitrogens with zero attached hydrogens (tertiary/aromatic N) is 2. The zero-order chi connectivity index (χ0) is 15.7. The van der Waals surface area contributed by atoms with Gasteiger partial charge in [-0.2, -0.15) is 0 Å². The second-order valence-corrected chi connectivity index (χ2v) is 6.18. The first kappa shape index (κ1) is 14.2. The molecule has 1 fully saturated rings. The lowest BCUT2D eigenvalue weighted by Gasteiger charge is -2.44. The number of hydrogen-bond acceptors (Lipinski definition) is 4. The molecule has 5 heteroatoms. The zero-order valence-corrected chi connectivity index (χ0v) is 12.9. The molecule has 2 aromatic rings. The molecular formula is C18H19N3O2. The molecule has 0 unspecified atom stereocenters. The molecular weight excluding hydrogens is 290 g/mol. The van der Waals surface area contributed by atoms with Crippen LogP contribution in [0.25, 0.3) is 0 Å². The maximum atomic E-state index is 12.3. The Hall–Kier alpha value is -2.40. The quantitative estimate of drug-likeness (QED) is 0.924. The van der Waals surface area contributed by atoms with Crippen molar-refractivity contribution >= 4 is 5.91 Å². The summed E-state index contributed by atoms with van der Waals surface area (Å²) in [6.07, 6.45) is 5.22. The van der Waals surface area contributed by atoms with Gasteiger partial charge in [0.2, 0.25) is 0 Å². The summed E-state index contributed by atoms with van der Waals surface area (Å²) in [4.78, 5) is 18.8. The maximum absolute atomic E-state index is 12.3. The SMILES string of the molecule is O=C1NC2(CCN(Cc3ccncc3)CC2)Oc2ccccc21. The van der Waals surface area contributed by atoms with E-state index < -0.39 is 5.72 Å².